The minimum Gasteiger partial charge on any atom is -0.236 e. The van der Waals surface area contributed by atoms with Crippen molar-refractivity contribution in [2.75, 3.05) is 0 Å². The average Bonchev–Trinajstić information content (AvgIpc) is 2.92. The van der Waals surface area contributed by atoms with Crippen molar-refractivity contribution in [2.45, 2.75) is 13.8 Å². The Bertz CT molecular complexity index is 1030. The van der Waals surface area contributed by atoms with E-state index in [1.807, 2.05) is 29.6 Å². The second-order valence-corrected chi connectivity index (χ2v) is 5.85. The van der Waals surface area contributed by atoms with E-state index in [-0.39, 0.29) is 5.82 Å². The molecule has 3 nitrogen and oxygen atoms in total. The molecule has 0 atom stereocenters. The minimum atomic E-state index is -0.249. The van der Waals surface area contributed by atoms with E-state index in [1.54, 1.807) is 18.3 Å². The van der Waals surface area contributed by atoms with Crippen molar-refractivity contribution >= 4 is 5.65 Å². The van der Waals surface area contributed by atoms with Gasteiger partial charge in [0.25, 0.3) is 0 Å². The zero-order valence-corrected chi connectivity index (χ0v) is 13.5. The van der Waals surface area contributed by atoms with Gasteiger partial charge in [0.1, 0.15) is 5.82 Å². The maximum absolute atomic E-state index is 13.2. The number of hydrogen-bond donors (Lipinski definition) is 0. The number of hydrogen-bond acceptors (Lipinski definition) is 2. The maximum atomic E-state index is 13.2. The van der Waals surface area contributed by atoms with Crippen LogP contribution in [-0.2, 0) is 0 Å². The van der Waals surface area contributed by atoms with Gasteiger partial charge in [-0.1, -0.05) is 36.4 Å². The summed E-state index contributed by atoms with van der Waals surface area (Å²) < 4.78 is 15.1. The number of benzene rings is 2. The van der Waals surface area contributed by atoms with Gasteiger partial charge in [-0.15, -0.1) is 0 Å². The lowest BCUT2D eigenvalue weighted by atomic mass is 10.0. The quantitative estimate of drug-likeness (QED) is 0.530. The molecule has 2 aromatic heterocycles. The monoisotopic (exact) mass is 317 g/mol. The summed E-state index contributed by atoms with van der Waals surface area (Å²) in [5.74, 6) is -0.249. The topological polar surface area (TPSA) is 30.2 Å². The highest BCUT2D eigenvalue weighted by Gasteiger charge is 2.16. The molecule has 0 saturated carbocycles. The Balaban J connectivity index is 1.99. The van der Waals surface area contributed by atoms with Crippen LogP contribution >= 0.6 is 0 Å². The van der Waals surface area contributed by atoms with E-state index >= 15 is 0 Å². The molecule has 2 heterocycles. The molecular formula is C20H16FN3. The molecule has 4 heteroatoms. The first-order valence-corrected chi connectivity index (χ1v) is 7.81. The fraction of sp³-hybridized carbons (Fsp3) is 0.100. The van der Waals surface area contributed by atoms with Crippen molar-refractivity contribution in [3.05, 3.63) is 77.9 Å². The first-order chi connectivity index (χ1) is 11.6. The molecule has 118 valence electrons. The summed E-state index contributed by atoms with van der Waals surface area (Å²) in [5.41, 5.74) is 6.80. The van der Waals surface area contributed by atoms with E-state index in [2.05, 4.69) is 29.1 Å². The van der Waals surface area contributed by atoms with Crippen molar-refractivity contribution < 1.29 is 4.39 Å². The van der Waals surface area contributed by atoms with Gasteiger partial charge in [0.15, 0.2) is 5.65 Å². The number of aryl methyl sites for hydroxylation is 2. The molecular weight excluding hydrogens is 301 g/mol. The molecule has 0 amide bonds. The summed E-state index contributed by atoms with van der Waals surface area (Å²) in [6, 6.07) is 16.6. The van der Waals surface area contributed by atoms with Crippen molar-refractivity contribution in [3.63, 3.8) is 0 Å². The summed E-state index contributed by atoms with van der Waals surface area (Å²) in [6.07, 6.45) is 1.80. The average molecular weight is 317 g/mol. The number of aromatic nitrogens is 3. The molecule has 24 heavy (non-hydrogen) atoms. The highest BCUT2D eigenvalue weighted by atomic mass is 19.1. The Morgan fingerprint density at radius 3 is 2.42 bits per heavy atom. The van der Waals surface area contributed by atoms with Crippen LogP contribution in [-0.4, -0.2) is 14.6 Å². The molecule has 0 bridgehead atoms. The lowest BCUT2D eigenvalue weighted by Crippen LogP contribution is -1.97. The molecule has 4 rings (SSSR count). The van der Waals surface area contributed by atoms with E-state index in [0.717, 1.165) is 33.7 Å². The number of nitrogens with zero attached hydrogens (tertiary/aromatic N) is 3. The predicted molar refractivity (Wildman–Crippen MR) is 93.3 cm³/mol. The van der Waals surface area contributed by atoms with Crippen LogP contribution in [0.4, 0.5) is 4.39 Å². The van der Waals surface area contributed by atoms with Crippen LogP contribution in [0.15, 0.2) is 60.8 Å². The maximum Gasteiger partial charge on any atom is 0.163 e. The Labute approximate surface area is 139 Å². The van der Waals surface area contributed by atoms with E-state index in [1.165, 1.54) is 17.7 Å². The van der Waals surface area contributed by atoms with Gasteiger partial charge in [-0.3, -0.25) is 0 Å². The van der Waals surface area contributed by atoms with E-state index in [4.69, 9.17) is 0 Å². The summed E-state index contributed by atoms with van der Waals surface area (Å²) in [4.78, 5) is 4.52. The van der Waals surface area contributed by atoms with Crippen LogP contribution in [0, 0.1) is 19.7 Å². The molecule has 0 N–H and O–H groups in total. The summed E-state index contributed by atoms with van der Waals surface area (Å²) >= 11 is 0. The van der Waals surface area contributed by atoms with Gasteiger partial charge in [0, 0.05) is 17.3 Å². The van der Waals surface area contributed by atoms with Crippen molar-refractivity contribution in [2.24, 2.45) is 0 Å². The van der Waals surface area contributed by atoms with Crippen LogP contribution in [0.2, 0.25) is 0 Å². The zero-order valence-electron chi connectivity index (χ0n) is 13.5. The van der Waals surface area contributed by atoms with Gasteiger partial charge in [-0.2, -0.15) is 5.10 Å². The molecule has 0 radical (unpaired) electrons. The van der Waals surface area contributed by atoms with Crippen LogP contribution in [0.1, 0.15) is 11.3 Å². The molecule has 0 saturated heterocycles. The van der Waals surface area contributed by atoms with Crippen LogP contribution < -0.4 is 0 Å². The van der Waals surface area contributed by atoms with Crippen molar-refractivity contribution in [1.29, 1.82) is 0 Å². The smallest absolute Gasteiger partial charge is 0.163 e. The highest BCUT2D eigenvalue weighted by molar-refractivity contribution is 5.81. The van der Waals surface area contributed by atoms with Gasteiger partial charge in [-0.25, -0.2) is 13.9 Å². The number of fused-ring (bicyclic) bond motifs is 1. The predicted octanol–water partition coefficient (Wildman–Crippen LogP) is 4.82. The van der Waals surface area contributed by atoms with Crippen LogP contribution in [0.5, 0.6) is 0 Å². The molecule has 0 spiro atoms. The Hall–Kier alpha value is -3.01. The summed E-state index contributed by atoms with van der Waals surface area (Å²) in [7, 11) is 0. The normalized spacial score (nSPS) is 11.1. The van der Waals surface area contributed by atoms with Gasteiger partial charge >= 0.3 is 0 Å². The standard InChI is InChI=1S/C20H16FN3/c1-13-5-3-4-6-17(13)18-11-12-22-20-19(14(2)23-24(18)20)15-7-9-16(21)10-8-15/h3-12H,1-2H3. The molecule has 0 unspecified atom stereocenters. The molecule has 2 aromatic carbocycles. The fourth-order valence-corrected chi connectivity index (χ4v) is 3.07. The van der Waals surface area contributed by atoms with E-state index < -0.39 is 0 Å². The third kappa shape index (κ3) is 2.27. The lowest BCUT2D eigenvalue weighted by Gasteiger charge is -2.08. The molecule has 0 fully saturated rings. The van der Waals surface area contributed by atoms with Gasteiger partial charge in [0.05, 0.1) is 11.4 Å². The zero-order chi connectivity index (χ0) is 16.7. The second kappa shape index (κ2) is 5.57. The Morgan fingerprint density at radius 1 is 0.917 bits per heavy atom. The number of rotatable bonds is 2. The first kappa shape index (κ1) is 14.6. The molecule has 0 aliphatic rings. The molecule has 4 aromatic rings. The lowest BCUT2D eigenvalue weighted by molar-refractivity contribution is 0.628. The van der Waals surface area contributed by atoms with Gasteiger partial charge in [0.2, 0.25) is 0 Å². The van der Waals surface area contributed by atoms with Crippen LogP contribution in [0.3, 0.4) is 0 Å². The van der Waals surface area contributed by atoms with E-state index in [9.17, 15) is 4.39 Å². The first-order valence-electron chi connectivity index (χ1n) is 7.81. The van der Waals surface area contributed by atoms with Crippen LogP contribution in [0.25, 0.3) is 28.0 Å². The molecule has 0 aliphatic carbocycles. The third-order valence-electron chi connectivity index (χ3n) is 4.25. The van der Waals surface area contributed by atoms with E-state index in [0.29, 0.717) is 0 Å². The van der Waals surface area contributed by atoms with Crippen molar-refractivity contribution in [1.82, 2.24) is 14.6 Å². The number of halogens is 1. The highest BCUT2D eigenvalue weighted by Crippen LogP contribution is 2.30. The fourth-order valence-electron chi connectivity index (χ4n) is 3.07. The Kier molecular flexibility index (Phi) is 3.38. The van der Waals surface area contributed by atoms with Gasteiger partial charge < -0.3 is 0 Å². The third-order valence-corrected chi connectivity index (χ3v) is 4.25. The second-order valence-electron chi connectivity index (χ2n) is 5.85. The van der Waals surface area contributed by atoms with Crippen molar-refractivity contribution in [3.8, 4) is 22.4 Å². The largest absolute Gasteiger partial charge is 0.236 e. The minimum absolute atomic E-state index is 0.249. The Morgan fingerprint density at radius 2 is 1.67 bits per heavy atom. The summed E-state index contributed by atoms with van der Waals surface area (Å²) in [6.45, 7) is 4.04. The van der Waals surface area contributed by atoms with Gasteiger partial charge in [-0.05, 0) is 43.2 Å². The summed E-state index contributed by atoms with van der Waals surface area (Å²) in [5, 5.41) is 4.69. The SMILES string of the molecule is Cc1ccccc1-c1ccnc2c(-c3ccc(F)cc3)c(C)nn12. The molecule has 0 aliphatic heterocycles.